The van der Waals surface area contributed by atoms with E-state index in [-0.39, 0.29) is 12.1 Å². The van der Waals surface area contributed by atoms with Gasteiger partial charge < -0.3 is 9.47 Å². The molecule has 2 bridgehead atoms. The van der Waals surface area contributed by atoms with Crippen LogP contribution in [0.5, 0.6) is 0 Å². The van der Waals surface area contributed by atoms with Gasteiger partial charge in [0, 0.05) is 36.8 Å². The first-order chi connectivity index (χ1) is 13.4. The Bertz CT molecular complexity index is 813. The first kappa shape index (κ1) is 19.1. The van der Waals surface area contributed by atoms with Gasteiger partial charge in [-0.3, -0.25) is 0 Å². The number of nitrogens with zero attached hydrogens (tertiary/aromatic N) is 4. The number of aryl methyl sites for hydroxylation is 1. The molecular weight excluding hydrogens is 372 g/mol. The molecule has 4 aliphatic heterocycles. The third-order valence-corrected chi connectivity index (χ3v) is 9.68. The molecule has 0 radical (unpaired) electrons. The summed E-state index contributed by atoms with van der Waals surface area (Å²) in [6.07, 6.45) is 11.5. The topological polar surface area (TPSA) is 58.4 Å². The zero-order chi connectivity index (χ0) is 19.5. The number of fused-ring (bicyclic) bond motifs is 3. The standard InChI is InChI=1S/C21H34N4O2S/c1-15-8-10-23(11-9-15)19-12-17-6-7-18(13-19)25(17)28(26,27)21-14-24-16(2)4-3-5-20(24)22-21/h14-19H,3-13H2,1-2H3/t16?,17-,18+,19-. The van der Waals surface area contributed by atoms with Gasteiger partial charge in [-0.05, 0) is 77.3 Å². The minimum atomic E-state index is -3.50. The van der Waals surface area contributed by atoms with Crippen molar-refractivity contribution in [2.75, 3.05) is 13.1 Å². The van der Waals surface area contributed by atoms with Crippen molar-refractivity contribution in [1.82, 2.24) is 18.8 Å². The fourth-order valence-electron chi connectivity index (χ4n) is 6.09. The predicted octanol–water partition coefficient (Wildman–Crippen LogP) is 3.20. The lowest BCUT2D eigenvalue weighted by Gasteiger charge is -2.44. The minimum absolute atomic E-state index is 0.157. The van der Waals surface area contributed by atoms with Crippen molar-refractivity contribution in [2.24, 2.45) is 5.92 Å². The van der Waals surface area contributed by atoms with Crippen LogP contribution in [0, 0.1) is 5.92 Å². The summed E-state index contributed by atoms with van der Waals surface area (Å²) in [5.74, 6) is 1.78. The van der Waals surface area contributed by atoms with E-state index in [1.165, 1.54) is 25.9 Å². The van der Waals surface area contributed by atoms with E-state index in [1.54, 1.807) is 0 Å². The van der Waals surface area contributed by atoms with Gasteiger partial charge in [0.25, 0.3) is 10.0 Å². The summed E-state index contributed by atoms with van der Waals surface area (Å²) in [6, 6.07) is 1.23. The maximum absolute atomic E-state index is 13.5. The Morgan fingerprint density at radius 2 is 1.64 bits per heavy atom. The fourth-order valence-corrected chi connectivity index (χ4v) is 7.94. The van der Waals surface area contributed by atoms with Crippen LogP contribution in [-0.2, 0) is 16.4 Å². The van der Waals surface area contributed by atoms with Crippen molar-refractivity contribution in [2.45, 2.75) is 101 Å². The van der Waals surface area contributed by atoms with Crippen LogP contribution in [0.15, 0.2) is 11.2 Å². The number of likely N-dealkylation sites (tertiary alicyclic amines) is 1. The average Bonchev–Trinajstić information content (AvgIpc) is 3.23. The van der Waals surface area contributed by atoms with Crippen molar-refractivity contribution in [1.29, 1.82) is 0 Å². The Hall–Kier alpha value is -0.920. The van der Waals surface area contributed by atoms with Crippen LogP contribution in [0.25, 0.3) is 0 Å². The van der Waals surface area contributed by atoms with Crippen molar-refractivity contribution >= 4 is 10.0 Å². The second kappa shape index (κ2) is 7.10. The lowest BCUT2D eigenvalue weighted by molar-refractivity contribution is 0.0758. The number of piperidine rings is 2. The molecule has 7 heteroatoms. The summed E-state index contributed by atoms with van der Waals surface area (Å²) in [4.78, 5) is 7.23. The molecule has 0 aromatic carbocycles. The number of aromatic nitrogens is 2. The highest BCUT2D eigenvalue weighted by Crippen LogP contribution is 2.42. The largest absolute Gasteiger partial charge is 0.331 e. The van der Waals surface area contributed by atoms with Crippen LogP contribution in [-0.4, -0.2) is 58.4 Å². The Balaban J connectivity index is 1.36. The van der Waals surface area contributed by atoms with E-state index >= 15 is 0 Å². The van der Waals surface area contributed by atoms with Crippen molar-refractivity contribution < 1.29 is 8.42 Å². The second-order valence-electron chi connectivity index (χ2n) is 9.71. The molecule has 4 atom stereocenters. The van der Waals surface area contributed by atoms with Gasteiger partial charge in [0.2, 0.25) is 0 Å². The number of hydrogen-bond acceptors (Lipinski definition) is 4. The molecule has 6 nitrogen and oxygen atoms in total. The molecule has 28 heavy (non-hydrogen) atoms. The van der Waals surface area contributed by atoms with E-state index in [1.807, 2.05) is 10.5 Å². The Labute approximate surface area is 169 Å². The molecule has 0 aliphatic carbocycles. The van der Waals surface area contributed by atoms with Crippen LogP contribution in [0.2, 0.25) is 0 Å². The maximum Gasteiger partial charge on any atom is 0.262 e. The van der Waals surface area contributed by atoms with Crippen LogP contribution in [0.4, 0.5) is 0 Å². The molecular formula is C21H34N4O2S. The highest BCUT2D eigenvalue weighted by Gasteiger charge is 2.49. The molecule has 0 N–H and O–H groups in total. The van der Waals surface area contributed by atoms with Gasteiger partial charge in [-0.15, -0.1) is 0 Å². The minimum Gasteiger partial charge on any atom is -0.331 e. The molecule has 1 aromatic rings. The van der Waals surface area contributed by atoms with E-state index < -0.39 is 10.0 Å². The summed E-state index contributed by atoms with van der Waals surface area (Å²) >= 11 is 0. The summed E-state index contributed by atoms with van der Waals surface area (Å²) in [5, 5.41) is 0.290. The summed E-state index contributed by atoms with van der Waals surface area (Å²) in [7, 11) is -3.50. The van der Waals surface area contributed by atoms with Gasteiger partial charge in [0.05, 0.1) is 0 Å². The van der Waals surface area contributed by atoms with Gasteiger partial charge >= 0.3 is 0 Å². The Kier molecular flexibility index (Phi) is 4.83. The number of imidazole rings is 1. The monoisotopic (exact) mass is 406 g/mol. The van der Waals surface area contributed by atoms with Crippen LogP contribution >= 0.6 is 0 Å². The van der Waals surface area contributed by atoms with Crippen LogP contribution in [0.1, 0.15) is 77.1 Å². The number of hydrogen-bond donors (Lipinski definition) is 0. The van der Waals surface area contributed by atoms with Gasteiger partial charge in [-0.25, -0.2) is 13.4 Å². The predicted molar refractivity (Wildman–Crippen MR) is 109 cm³/mol. The summed E-state index contributed by atoms with van der Waals surface area (Å²) < 4.78 is 31.0. The van der Waals surface area contributed by atoms with Crippen LogP contribution < -0.4 is 0 Å². The second-order valence-corrected chi connectivity index (χ2v) is 11.5. The maximum atomic E-state index is 13.5. The van der Waals surface area contributed by atoms with Gasteiger partial charge in [-0.2, -0.15) is 4.31 Å². The van der Waals surface area contributed by atoms with Crippen molar-refractivity contribution in [3.05, 3.63) is 12.0 Å². The van der Waals surface area contributed by atoms with Gasteiger partial charge in [0.15, 0.2) is 5.03 Å². The smallest absolute Gasteiger partial charge is 0.262 e. The lowest BCUT2D eigenvalue weighted by Crippen LogP contribution is -2.53. The lowest BCUT2D eigenvalue weighted by atomic mass is 9.93. The molecule has 5 heterocycles. The Morgan fingerprint density at radius 3 is 2.29 bits per heavy atom. The first-order valence-corrected chi connectivity index (χ1v) is 12.7. The zero-order valence-electron chi connectivity index (χ0n) is 17.3. The molecule has 5 rings (SSSR count). The zero-order valence-corrected chi connectivity index (χ0v) is 18.1. The van der Waals surface area contributed by atoms with Crippen LogP contribution in [0.3, 0.4) is 0 Å². The molecule has 0 spiro atoms. The average molecular weight is 407 g/mol. The summed E-state index contributed by atoms with van der Waals surface area (Å²) in [5.41, 5.74) is 0. The van der Waals surface area contributed by atoms with E-state index in [9.17, 15) is 8.42 Å². The van der Waals surface area contributed by atoms with E-state index in [0.717, 1.165) is 56.7 Å². The molecule has 1 aromatic heterocycles. The quantitative estimate of drug-likeness (QED) is 0.773. The number of rotatable bonds is 3. The Morgan fingerprint density at radius 1 is 0.964 bits per heavy atom. The highest BCUT2D eigenvalue weighted by atomic mass is 32.2. The molecule has 3 saturated heterocycles. The van der Waals surface area contributed by atoms with E-state index in [2.05, 4.69) is 28.3 Å². The third-order valence-electron chi connectivity index (χ3n) is 7.80. The fraction of sp³-hybridized carbons (Fsp3) is 0.857. The highest BCUT2D eigenvalue weighted by molar-refractivity contribution is 7.89. The number of sulfonamides is 1. The molecule has 0 saturated carbocycles. The third kappa shape index (κ3) is 3.14. The summed E-state index contributed by atoms with van der Waals surface area (Å²) in [6.45, 7) is 6.88. The van der Waals surface area contributed by atoms with Gasteiger partial charge in [0.1, 0.15) is 5.82 Å². The molecule has 0 amide bonds. The van der Waals surface area contributed by atoms with E-state index in [4.69, 9.17) is 0 Å². The first-order valence-electron chi connectivity index (χ1n) is 11.3. The normalized spacial score (nSPS) is 35.2. The molecule has 1 unspecified atom stereocenters. The molecule has 156 valence electrons. The van der Waals surface area contributed by atoms with E-state index in [0.29, 0.717) is 17.1 Å². The van der Waals surface area contributed by atoms with Gasteiger partial charge in [-0.1, -0.05) is 6.92 Å². The van der Waals surface area contributed by atoms with Crippen molar-refractivity contribution in [3.8, 4) is 0 Å². The van der Waals surface area contributed by atoms with Crippen molar-refractivity contribution in [3.63, 3.8) is 0 Å². The molecule has 4 aliphatic rings. The SMILES string of the molecule is CC1CCN([C@@H]2C[C@H]3CC[C@@H](C2)N3S(=O)(=O)c2cn3c(n2)CCCC3C)CC1. The molecule has 3 fully saturated rings.